The number of thiol groups is 1. The number of nitrogens with zero attached hydrogens (tertiary/aromatic N) is 1. The van der Waals surface area contributed by atoms with E-state index in [9.17, 15) is 29.4 Å². The first kappa shape index (κ1) is 22.4. The Morgan fingerprint density at radius 2 is 1.78 bits per heavy atom. The summed E-state index contributed by atoms with van der Waals surface area (Å²) in [5.41, 5.74) is 5.63. The molecular formula is C14H22N6O6S. The van der Waals surface area contributed by atoms with Gasteiger partial charge >= 0.3 is 5.97 Å². The van der Waals surface area contributed by atoms with Gasteiger partial charge in [-0.25, -0.2) is 9.78 Å². The van der Waals surface area contributed by atoms with Gasteiger partial charge < -0.3 is 36.9 Å². The molecule has 1 aromatic heterocycles. The molecule has 0 bridgehead atoms. The molecule has 0 fully saturated rings. The predicted molar refractivity (Wildman–Crippen MR) is 95.7 cm³/mol. The first-order chi connectivity index (χ1) is 12.8. The maximum atomic E-state index is 12.2. The Labute approximate surface area is 159 Å². The molecule has 0 aliphatic rings. The van der Waals surface area contributed by atoms with Gasteiger partial charge in [0, 0.05) is 24.1 Å². The summed E-state index contributed by atoms with van der Waals surface area (Å²) in [5, 5.41) is 25.4. The van der Waals surface area contributed by atoms with Crippen LogP contribution in [0.5, 0.6) is 0 Å². The minimum Gasteiger partial charge on any atom is -0.480 e. The fourth-order valence-corrected chi connectivity index (χ4v) is 2.26. The number of carbonyl (C=O) groups is 4. The van der Waals surface area contributed by atoms with Crippen LogP contribution in [0, 0.1) is 0 Å². The number of imidazole rings is 1. The summed E-state index contributed by atoms with van der Waals surface area (Å²) in [6, 6.07) is -3.80. The van der Waals surface area contributed by atoms with Crippen LogP contribution >= 0.6 is 12.6 Å². The highest BCUT2D eigenvalue weighted by molar-refractivity contribution is 7.80. The highest BCUT2D eigenvalue weighted by atomic mass is 32.1. The summed E-state index contributed by atoms with van der Waals surface area (Å²) >= 11 is 3.94. The third-order valence-electron chi connectivity index (χ3n) is 3.43. The molecule has 1 aromatic rings. The van der Waals surface area contributed by atoms with E-state index in [1.807, 2.05) is 0 Å². The van der Waals surface area contributed by atoms with Crippen molar-refractivity contribution in [3.05, 3.63) is 18.2 Å². The molecule has 0 aliphatic heterocycles. The number of H-pyrrole nitrogens is 1. The predicted octanol–water partition coefficient (Wildman–Crippen LogP) is -3.63. The lowest BCUT2D eigenvalue weighted by atomic mass is 10.1. The van der Waals surface area contributed by atoms with Crippen LogP contribution < -0.4 is 21.7 Å². The molecule has 1 heterocycles. The molecule has 1 rings (SSSR count). The third kappa shape index (κ3) is 7.24. The van der Waals surface area contributed by atoms with Gasteiger partial charge in [0.1, 0.15) is 18.1 Å². The summed E-state index contributed by atoms with van der Waals surface area (Å²) in [7, 11) is 0. The lowest BCUT2D eigenvalue weighted by Gasteiger charge is -2.22. The molecule has 0 aromatic carbocycles. The van der Waals surface area contributed by atoms with Crippen LogP contribution in [-0.4, -0.2) is 80.9 Å². The molecule has 0 saturated carbocycles. The molecule has 0 radical (unpaired) electrons. The van der Waals surface area contributed by atoms with Crippen LogP contribution in [-0.2, 0) is 25.6 Å². The van der Waals surface area contributed by atoms with Crippen molar-refractivity contribution in [3.63, 3.8) is 0 Å². The average Bonchev–Trinajstić information content (AvgIpc) is 3.15. The number of aliphatic hydroxyl groups is 1. The van der Waals surface area contributed by atoms with E-state index < -0.39 is 48.4 Å². The number of nitrogens with one attached hydrogen (secondary N) is 4. The fourth-order valence-electron chi connectivity index (χ4n) is 2.00. The number of nitrogens with two attached hydrogens (primary N) is 1. The zero-order valence-electron chi connectivity index (χ0n) is 14.2. The molecule has 27 heavy (non-hydrogen) atoms. The molecule has 3 atom stereocenters. The van der Waals surface area contributed by atoms with Gasteiger partial charge in [0.05, 0.1) is 19.5 Å². The smallest absolute Gasteiger partial charge is 0.326 e. The van der Waals surface area contributed by atoms with Gasteiger partial charge in [-0.3, -0.25) is 14.4 Å². The number of rotatable bonds is 11. The minimum absolute atomic E-state index is 0.0704. The largest absolute Gasteiger partial charge is 0.480 e. The Hall–Kier alpha value is -2.64. The van der Waals surface area contributed by atoms with Crippen LogP contribution in [0.4, 0.5) is 0 Å². The van der Waals surface area contributed by atoms with E-state index >= 15 is 0 Å². The second-order valence-corrected chi connectivity index (χ2v) is 5.80. The van der Waals surface area contributed by atoms with E-state index in [-0.39, 0.29) is 18.7 Å². The zero-order chi connectivity index (χ0) is 20.4. The van der Waals surface area contributed by atoms with Crippen molar-refractivity contribution < 1.29 is 29.4 Å². The summed E-state index contributed by atoms with van der Waals surface area (Å²) < 4.78 is 0. The van der Waals surface area contributed by atoms with Crippen LogP contribution in [0.15, 0.2) is 12.5 Å². The van der Waals surface area contributed by atoms with Crippen molar-refractivity contribution in [1.29, 1.82) is 0 Å². The van der Waals surface area contributed by atoms with Crippen molar-refractivity contribution in [1.82, 2.24) is 25.9 Å². The van der Waals surface area contributed by atoms with Crippen LogP contribution in [0.25, 0.3) is 0 Å². The highest BCUT2D eigenvalue weighted by Crippen LogP contribution is 2.00. The second-order valence-electron chi connectivity index (χ2n) is 5.43. The van der Waals surface area contributed by atoms with Gasteiger partial charge in [-0.1, -0.05) is 0 Å². The van der Waals surface area contributed by atoms with E-state index in [1.54, 1.807) is 0 Å². The van der Waals surface area contributed by atoms with Crippen molar-refractivity contribution in [2.75, 3.05) is 18.9 Å². The van der Waals surface area contributed by atoms with Crippen molar-refractivity contribution >= 4 is 36.3 Å². The van der Waals surface area contributed by atoms with E-state index in [0.29, 0.717) is 5.69 Å². The number of carbonyl (C=O) groups excluding carboxylic acids is 3. The topological polar surface area (TPSA) is 200 Å². The van der Waals surface area contributed by atoms with Crippen molar-refractivity contribution in [2.45, 2.75) is 24.5 Å². The molecule has 3 unspecified atom stereocenters. The number of hydrogen-bond donors (Lipinski definition) is 8. The number of aliphatic hydroxyl groups excluding tert-OH is 1. The number of aromatic amines is 1. The molecular weight excluding hydrogens is 380 g/mol. The number of hydrogen-bond acceptors (Lipinski definition) is 8. The Morgan fingerprint density at radius 3 is 2.26 bits per heavy atom. The van der Waals surface area contributed by atoms with Crippen LogP contribution in [0.3, 0.4) is 0 Å². The monoisotopic (exact) mass is 402 g/mol. The maximum Gasteiger partial charge on any atom is 0.326 e. The Balaban J connectivity index is 2.72. The first-order valence-corrected chi connectivity index (χ1v) is 8.47. The van der Waals surface area contributed by atoms with Crippen LogP contribution in [0.1, 0.15) is 5.69 Å². The lowest BCUT2D eigenvalue weighted by Crippen LogP contribution is -2.58. The molecule has 0 saturated heterocycles. The minimum atomic E-state index is -1.42. The van der Waals surface area contributed by atoms with Gasteiger partial charge in [0.2, 0.25) is 17.7 Å². The standard InChI is InChI=1S/C14H22N6O6S/c15-2-11(22)18-10(5-27)13(24)20-9(4-21)12(23)19-8(14(25)26)1-7-3-16-6-17-7/h3,6,8-10,21,27H,1-2,4-5,15H2,(H,16,17)(H,18,22)(H,19,23)(H,20,24)(H,25,26). The number of aliphatic carboxylic acids is 1. The molecule has 3 amide bonds. The SMILES string of the molecule is NCC(=O)NC(CS)C(=O)NC(CO)C(=O)NC(Cc1cnc[nH]1)C(=O)O. The van der Waals surface area contributed by atoms with Crippen LogP contribution in [0.2, 0.25) is 0 Å². The first-order valence-electron chi connectivity index (χ1n) is 7.84. The van der Waals surface area contributed by atoms with Crippen molar-refractivity contribution in [3.8, 4) is 0 Å². The van der Waals surface area contributed by atoms with Gasteiger partial charge in [-0.15, -0.1) is 0 Å². The fraction of sp³-hybridized carbons (Fsp3) is 0.500. The van der Waals surface area contributed by atoms with E-state index in [1.165, 1.54) is 12.5 Å². The summed E-state index contributed by atoms with van der Waals surface area (Å²) in [6.07, 6.45) is 2.70. The molecule has 0 aliphatic carbocycles. The number of carboxylic acid groups (broad SMARTS) is 1. The lowest BCUT2D eigenvalue weighted by molar-refractivity contribution is -0.142. The normalized spacial score (nSPS) is 13.9. The molecule has 8 N–H and O–H groups in total. The van der Waals surface area contributed by atoms with E-state index in [4.69, 9.17) is 5.73 Å². The molecule has 0 spiro atoms. The molecule has 150 valence electrons. The van der Waals surface area contributed by atoms with E-state index in [0.717, 1.165) is 0 Å². The number of amides is 3. The summed E-state index contributed by atoms with van der Waals surface area (Å²) in [5.74, 6) is -3.65. The highest BCUT2D eigenvalue weighted by Gasteiger charge is 2.29. The third-order valence-corrected chi connectivity index (χ3v) is 3.79. The van der Waals surface area contributed by atoms with Crippen molar-refractivity contribution in [2.24, 2.45) is 5.73 Å². The van der Waals surface area contributed by atoms with Gasteiger partial charge in [0.15, 0.2) is 0 Å². The molecule has 12 nitrogen and oxygen atoms in total. The van der Waals surface area contributed by atoms with Gasteiger partial charge in [0.25, 0.3) is 0 Å². The Bertz CT molecular complexity index is 655. The zero-order valence-corrected chi connectivity index (χ0v) is 15.1. The Kier molecular flexibility index (Phi) is 9.25. The van der Waals surface area contributed by atoms with E-state index in [2.05, 4.69) is 38.5 Å². The number of carboxylic acids is 1. The average molecular weight is 402 g/mol. The molecule has 13 heteroatoms. The van der Waals surface area contributed by atoms with Gasteiger partial charge in [-0.05, 0) is 0 Å². The summed E-state index contributed by atoms with van der Waals surface area (Å²) in [4.78, 5) is 53.5. The maximum absolute atomic E-state index is 12.2. The quantitative estimate of drug-likeness (QED) is 0.173. The summed E-state index contributed by atoms with van der Waals surface area (Å²) in [6.45, 7) is -1.12. The number of aromatic nitrogens is 2. The second kappa shape index (κ2) is 11.2. The van der Waals surface area contributed by atoms with Gasteiger partial charge in [-0.2, -0.15) is 12.6 Å². The Morgan fingerprint density at radius 1 is 1.15 bits per heavy atom.